The lowest BCUT2D eigenvalue weighted by Gasteiger charge is -2.22. The van der Waals surface area contributed by atoms with E-state index >= 15 is 0 Å². The Hall–Kier alpha value is -2.09. The summed E-state index contributed by atoms with van der Waals surface area (Å²) in [6.45, 7) is 4.65. The minimum atomic E-state index is -0.166. The molecule has 0 saturated heterocycles. The average molecular weight is 246 g/mol. The highest BCUT2D eigenvalue weighted by molar-refractivity contribution is 5.92. The van der Waals surface area contributed by atoms with Gasteiger partial charge in [-0.05, 0) is 26.0 Å². The van der Waals surface area contributed by atoms with Gasteiger partial charge >= 0.3 is 0 Å². The highest BCUT2D eigenvalue weighted by Gasteiger charge is 2.18. The van der Waals surface area contributed by atoms with Gasteiger partial charge in [-0.15, -0.1) is 0 Å². The van der Waals surface area contributed by atoms with Crippen molar-refractivity contribution in [3.05, 3.63) is 24.0 Å². The van der Waals surface area contributed by atoms with Gasteiger partial charge in [-0.25, -0.2) is 4.98 Å². The molecule has 0 aliphatic rings. The van der Waals surface area contributed by atoms with Crippen molar-refractivity contribution < 1.29 is 4.79 Å². The molecule has 1 amide bonds. The normalized spacial score (nSPS) is 11.4. The number of rotatable bonds is 5. The van der Waals surface area contributed by atoms with Crippen molar-refractivity contribution in [2.24, 2.45) is 0 Å². The van der Waals surface area contributed by atoms with Crippen LogP contribution in [0.15, 0.2) is 18.3 Å². The molecule has 0 bridgehead atoms. The van der Waals surface area contributed by atoms with Gasteiger partial charge in [0.25, 0.3) is 5.91 Å². The van der Waals surface area contributed by atoms with E-state index < -0.39 is 0 Å². The number of pyridine rings is 1. The molecule has 1 atom stereocenters. The summed E-state index contributed by atoms with van der Waals surface area (Å²) in [5.74, 6) is -0.166. The van der Waals surface area contributed by atoms with E-state index in [1.165, 1.54) is 0 Å². The summed E-state index contributed by atoms with van der Waals surface area (Å²) in [6.07, 6.45) is 1.96. The third kappa shape index (κ3) is 3.45. The van der Waals surface area contributed by atoms with E-state index in [4.69, 9.17) is 5.26 Å². The van der Waals surface area contributed by atoms with E-state index in [-0.39, 0.29) is 11.9 Å². The molecule has 5 nitrogen and oxygen atoms in total. The third-order valence-electron chi connectivity index (χ3n) is 2.73. The Morgan fingerprint density at radius 2 is 2.33 bits per heavy atom. The first-order valence-electron chi connectivity index (χ1n) is 5.94. The maximum Gasteiger partial charge on any atom is 0.272 e. The van der Waals surface area contributed by atoms with Gasteiger partial charge in [-0.3, -0.25) is 4.79 Å². The van der Waals surface area contributed by atoms with Crippen LogP contribution in [0.1, 0.15) is 30.8 Å². The highest BCUT2D eigenvalue weighted by atomic mass is 16.2. The number of carbonyl (C=O) groups is 1. The summed E-state index contributed by atoms with van der Waals surface area (Å²) >= 11 is 0. The van der Waals surface area contributed by atoms with Crippen LogP contribution in [0.25, 0.3) is 0 Å². The smallest absolute Gasteiger partial charge is 0.272 e. The van der Waals surface area contributed by atoms with E-state index in [2.05, 4.69) is 16.4 Å². The molecular weight excluding hydrogens is 228 g/mol. The number of hydrogen-bond donors (Lipinski definition) is 1. The topological polar surface area (TPSA) is 69.0 Å². The van der Waals surface area contributed by atoms with Gasteiger partial charge in [0.2, 0.25) is 0 Å². The quantitative estimate of drug-likeness (QED) is 0.861. The first-order valence-corrected chi connectivity index (χ1v) is 5.94. The molecule has 1 unspecified atom stereocenters. The van der Waals surface area contributed by atoms with Crippen LogP contribution in [-0.4, -0.2) is 35.4 Å². The molecule has 18 heavy (non-hydrogen) atoms. The molecule has 1 rings (SSSR count). The van der Waals surface area contributed by atoms with Crippen molar-refractivity contribution >= 4 is 11.6 Å². The summed E-state index contributed by atoms with van der Waals surface area (Å²) in [6, 6.07) is 5.46. The second-order valence-electron chi connectivity index (χ2n) is 4.09. The molecule has 0 aliphatic carbocycles. The maximum atomic E-state index is 12.1. The highest BCUT2D eigenvalue weighted by Crippen LogP contribution is 2.10. The van der Waals surface area contributed by atoms with Gasteiger partial charge in [-0.2, -0.15) is 5.26 Å². The standard InChI is InChI=1S/C13H18N4O/c1-4-15-11-5-6-12(16-9-11)13(18)17(3)10(2)7-8-14/h5-6,9-10,15H,4,7H2,1-3H3. The number of aromatic nitrogens is 1. The first kappa shape index (κ1) is 14.0. The van der Waals surface area contributed by atoms with Crippen LogP contribution in [-0.2, 0) is 0 Å². The molecule has 1 N–H and O–H groups in total. The molecule has 0 aromatic carbocycles. The summed E-state index contributed by atoms with van der Waals surface area (Å²) in [5.41, 5.74) is 1.28. The fourth-order valence-corrected chi connectivity index (χ4v) is 1.48. The first-order chi connectivity index (χ1) is 8.60. The number of anilines is 1. The van der Waals surface area contributed by atoms with Crippen LogP contribution in [0.4, 0.5) is 5.69 Å². The van der Waals surface area contributed by atoms with Crippen molar-refractivity contribution in [1.82, 2.24) is 9.88 Å². The van der Waals surface area contributed by atoms with Gasteiger partial charge in [0.05, 0.1) is 24.4 Å². The van der Waals surface area contributed by atoms with Gasteiger partial charge < -0.3 is 10.2 Å². The summed E-state index contributed by atoms with van der Waals surface area (Å²) < 4.78 is 0. The van der Waals surface area contributed by atoms with Crippen molar-refractivity contribution in [2.75, 3.05) is 18.9 Å². The number of nitrogens with one attached hydrogen (secondary N) is 1. The molecule has 1 aromatic heterocycles. The lowest BCUT2D eigenvalue weighted by Crippen LogP contribution is -2.35. The van der Waals surface area contributed by atoms with Crippen molar-refractivity contribution in [3.8, 4) is 6.07 Å². The van der Waals surface area contributed by atoms with Gasteiger partial charge in [-0.1, -0.05) is 0 Å². The largest absolute Gasteiger partial charge is 0.384 e. The summed E-state index contributed by atoms with van der Waals surface area (Å²) in [7, 11) is 1.68. The molecule has 0 spiro atoms. The van der Waals surface area contributed by atoms with Crippen LogP contribution in [0, 0.1) is 11.3 Å². The van der Waals surface area contributed by atoms with E-state index in [0.717, 1.165) is 12.2 Å². The monoisotopic (exact) mass is 246 g/mol. The van der Waals surface area contributed by atoms with Crippen LogP contribution in [0.3, 0.4) is 0 Å². The zero-order chi connectivity index (χ0) is 13.5. The van der Waals surface area contributed by atoms with Crippen molar-refractivity contribution in [1.29, 1.82) is 5.26 Å². The fraction of sp³-hybridized carbons (Fsp3) is 0.462. The minimum Gasteiger partial charge on any atom is -0.384 e. The number of hydrogen-bond acceptors (Lipinski definition) is 4. The molecule has 0 radical (unpaired) electrons. The molecule has 1 aromatic rings. The minimum absolute atomic E-state index is 0.113. The second-order valence-corrected chi connectivity index (χ2v) is 4.09. The lowest BCUT2D eigenvalue weighted by atomic mass is 10.2. The average Bonchev–Trinajstić information content (AvgIpc) is 2.38. The zero-order valence-electron chi connectivity index (χ0n) is 11.0. The molecule has 5 heteroatoms. The van der Waals surface area contributed by atoms with Gasteiger partial charge in [0.15, 0.2) is 0 Å². The van der Waals surface area contributed by atoms with E-state index in [1.54, 1.807) is 24.2 Å². The van der Waals surface area contributed by atoms with Gasteiger partial charge in [0, 0.05) is 19.6 Å². The Morgan fingerprint density at radius 1 is 1.61 bits per heavy atom. The lowest BCUT2D eigenvalue weighted by molar-refractivity contribution is 0.0740. The fourth-order valence-electron chi connectivity index (χ4n) is 1.48. The van der Waals surface area contributed by atoms with Crippen LogP contribution >= 0.6 is 0 Å². The van der Waals surface area contributed by atoms with E-state index in [0.29, 0.717) is 12.1 Å². The SMILES string of the molecule is CCNc1ccc(C(=O)N(C)C(C)CC#N)nc1. The number of carbonyl (C=O) groups excluding carboxylic acids is 1. The van der Waals surface area contributed by atoms with Crippen LogP contribution in [0.5, 0.6) is 0 Å². The molecule has 0 aliphatic heterocycles. The Labute approximate surface area is 107 Å². The Morgan fingerprint density at radius 3 is 2.83 bits per heavy atom. The third-order valence-corrected chi connectivity index (χ3v) is 2.73. The molecule has 1 heterocycles. The molecule has 0 fully saturated rings. The summed E-state index contributed by atoms with van der Waals surface area (Å²) in [5, 5.41) is 11.7. The second kappa shape index (κ2) is 6.60. The molecule has 96 valence electrons. The van der Waals surface area contributed by atoms with Crippen LogP contribution in [0.2, 0.25) is 0 Å². The van der Waals surface area contributed by atoms with E-state index in [9.17, 15) is 4.79 Å². The number of nitrogens with zero attached hydrogens (tertiary/aromatic N) is 3. The van der Waals surface area contributed by atoms with Crippen molar-refractivity contribution in [2.45, 2.75) is 26.3 Å². The Balaban J connectivity index is 2.75. The number of nitriles is 1. The zero-order valence-corrected chi connectivity index (χ0v) is 11.0. The molecular formula is C13H18N4O. The Kier molecular flexibility index (Phi) is 5.12. The summed E-state index contributed by atoms with van der Waals surface area (Å²) in [4.78, 5) is 17.7. The van der Waals surface area contributed by atoms with E-state index in [1.807, 2.05) is 19.9 Å². The predicted octanol–water partition coefficient (Wildman–Crippen LogP) is 1.89. The van der Waals surface area contributed by atoms with Crippen molar-refractivity contribution in [3.63, 3.8) is 0 Å². The predicted molar refractivity (Wildman–Crippen MR) is 70.2 cm³/mol. The Bertz CT molecular complexity index is 435. The van der Waals surface area contributed by atoms with Gasteiger partial charge in [0.1, 0.15) is 5.69 Å². The number of amides is 1. The molecule has 0 saturated carbocycles. The maximum absolute atomic E-state index is 12.1. The van der Waals surface area contributed by atoms with Crippen LogP contribution < -0.4 is 5.32 Å².